The van der Waals surface area contributed by atoms with Gasteiger partial charge in [0.25, 0.3) is 11.5 Å². The number of nitrogens with zero attached hydrogens (tertiary/aromatic N) is 2. The predicted octanol–water partition coefficient (Wildman–Crippen LogP) is 2.66. The molecule has 0 bridgehead atoms. The van der Waals surface area contributed by atoms with Crippen LogP contribution in [0.15, 0.2) is 51.7 Å². The van der Waals surface area contributed by atoms with Crippen molar-refractivity contribution in [3.05, 3.63) is 68.7 Å². The molecule has 0 saturated heterocycles. The summed E-state index contributed by atoms with van der Waals surface area (Å²) in [7, 11) is 1.58. The summed E-state index contributed by atoms with van der Waals surface area (Å²) in [5.41, 5.74) is 0.499. The molecule has 2 N–H and O–H groups in total. The number of amides is 1. The molecular formula is C17H14BrN3O3. The molecule has 6 nitrogen and oxygen atoms in total. The molecule has 0 radical (unpaired) electrons. The van der Waals surface area contributed by atoms with Crippen molar-refractivity contribution in [2.75, 3.05) is 7.05 Å². The second-order valence-electron chi connectivity index (χ2n) is 5.35. The number of hydrogen-bond donors (Lipinski definition) is 2. The Morgan fingerprint density at radius 1 is 1.29 bits per heavy atom. The smallest absolute Gasteiger partial charge is 0.258 e. The van der Waals surface area contributed by atoms with E-state index in [2.05, 4.69) is 25.9 Å². The fraction of sp³-hybridized carbons (Fsp3) is 0.118. The first kappa shape index (κ1) is 16.2. The summed E-state index contributed by atoms with van der Waals surface area (Å²) in [6.45, 7) is 0.116. The number of phenolic OH excluding ortho intramolecular Hbond substituents is 1. The van der Waals surface area contributed by atoms with Crippen LogP contribution >= 0.6 is 15.9 Å². The van der Waals surface area contributed by atoms with Gasteiger partial charge in [0.05, 0.1) is 23.0 Å². The number of H-pyrrole nitrogens is 1. The van der Waals surface area contributed by atoms with E-state index in [4.69, 9.17) is 0 Å². The molecule has 122 valence electrons. The van der Waals surface area contributed by atoms with Crippen molar-refractivity contribution in [1.82, 2.24) is 14.9 Å². The SMILES string of the molecule is CN(Cc1nc2ccccc2c(=O)[nH]1)C(=O)c1cc(Br)ccc1O. The van der Waals surface area contributed by atoms with Crippen molar-refractivity contribution in [3.63, 3.8) is 0 Å². The predicted molar refractivity (Wildman–Crippen MR) is 94.0 cm³/mol. The number of carbonyl (C=O) groups excluding carboxylic acids is 1. The summed E-state index contributed by atoms with van der Waals surface area (Å²) in [6, 6.07) is 11.6. The molecule has 1 aromatic heterocycles. The lowest BCUT2D eigenvalue weighted by molar-refractivity contribution is 0.0778. The Labute approximate surface area is 145 Å². The van der Waals surface area contributed by atoms with Gasteiger partial charge in [-0.2, -0.15) is 0 Å². The van der Waals surface area contributed by atoms with Crippen LogP contribution in [-0.4, -0.2) is 32.9 Å². The normalized spacial score (nSPS) is 10.8. The zero-order valence-corrected chi connectivity index (χ0v) is 14.4. The van der Waals surface area contributed by atoms with E-state index in [-0.39, 0.29) is 29.3 Å². The second-order valence-corrected chi connectivity index (χ2v) is 6.27. The number of phenols is 1. The van der Waals surface area contributed by atoms with Gasteiger partial charge in [-0.3, -0.25) is 9.59 Å². The number of aromatic nitrogens is 2. The summed E-state index contributed by atoms with van der Waals surface area (Å²) >= 11 is 3.28. The van der Waals surface area contributed by atoms with Crippen LogP contribution in [0, 0.1) is 0 Å². The van der Waals surface area contributed by atoms with Gasteiger partial charge < -0.3 is 15.0 Å². The molecule has 7 heteroatoms. The maximum Gasteiger partial charge on any atom is 0.258 e. The number of para-hydroxylation sites is 1. The molecule has 0 unspecified atom stereocenters. The molecule has 1 amide bonds. The van der Waals surface area contributed by atoms with Gasteiger partial charge in [-0.1, -0.05) is 28.1 Å². The van der Waals surface area contributed by atoms with Gasteiger partial charge in [-0.05, 0) is 30.3 Å². The minimum Gasteiger partial charge on any atom is -0.507 e. The average molecular weight is 388 g/mol. The summed E-state index contributed by atoms with van der Waals surface area (Å²) < 4.78 is 0.689. The van der Waals surface area contributed by atoms with E-state index in [0.29, 0.717) is 21.2 Å². The Bertz CT molecular complexity index is 984. The van der Waals surface area contributed by atoms with E-state index in [9.17, 15) is 14.7 Å². The van der Waals surface area contributed by atoms with Gasteiger partial charge in [-0.15, -0.1) is 0 Å². The quantitative estimate of drug-likeness (QED) is 0.723. The van der Waals surface area contributed by atoms with Crippen molar-refractivity contribution < 1.29 is 9.90 Å². The van der Waals surface area contributed by atoms with E-state index in [1.807, 2.05) is 0 Å². The first-order valence-electron chi connectivity index (χ1n) is 7.17. The molecule has 2 aromatic carbocycles. The topological polar surface area (TPSA) is 86.3 Å². The molecule has 0 atom stereocenters. The standard InChI is InChI=1S/C17H14BrN3O3/c1-21(17(24)12-8-10(18)6-7-14(12)22)9-15-19-13-5-3-2-4-11(13)16(23)20-15/h2-8,22H,9H2,1H3,(H,19,20,23). The summed E-state index contributed by atoms with van der Waals surface area (Å²) in [5, 5.41) is 10.4. The number of carbonyl (C=O) groups is 1. The van der Waals surface area contributed by atoms with Crippen molar-refractivity contribution in [2.45, 2.75) is 6.54 Å². The lowest BCUT2D eigenvalue weighted by Gasteiger charge is -2.17. The Kier molecular flexibility index (Phi) is 4.35. The zero-order chi connectivity index (χ0) is 17.3. The highest BCUT2D eigenvalue weighted by Gasteiger charge is 2.17. The Morgan fingerprint density at radius 3 is 2.83 bits per heavy atom. The van der Waals surface area contributed by atoms with Crippen LogP contribution in [0.2, 0.25) is 0 Å². The molecule has 3 rings (SSSR count). The largest absolute Gasteiger partial charge is 0.507 e. The Balaban J connectivity index is 1.89. The second kappa shape index (κ2) is 6.45. The van der Waals surface area contributed by atoms with E-state index < -0.39 is 0 Å². The number of aromatic hydroxyl groups is 1. The van der Waals surface area contributed by atoms with Gasteiger partial charge in [-0.25, -0.2) is 4.98 Å². The summed E-state index contributed by atoms with van der Waals surface area (Å²) in [6.07, 6.45) is 0. The van der Waals surface area contributed by atoms with E-state index in [1.54, 1.807) is 43.4 Å². The van der Waals surface area contributed by atoms with Gasteiger partial charge >= 0.3 is 0 Å². The lowest BCUT2D eigenvalue weighted by atomic mass is 10.2. The molecule has 1 heterocycles. The van der Waals surface area contributed by atoms with Crippen LogP contribution in [0.5, 0.6) is 5.75 Å². The molecule has 3 aromatic rings. The molecular weight excluding hydrogens is 374 g/mol. The highest BCUT2D eigenvalue weighted by atomic mass is 79.9. The first-order chi connectivity index (χ1) is 11.5. The van der Waals surface area contributed by atoms with Gasteiger partial charge in [0.15, 0.2) is 0 Å². The van der Waals surface area contributed by atoms with Crippen LogP contribution in [0.4, 0.5) is 0 Å². The van der Waals surface area contributed by atoms with Crippen LogP contribution in [0.3, 0.4) is 0 Å². The van der Waals surface area contributed by atoms with Crippen LogP contribution < -0.4 is 5.56 Å². The molecule has 0 fully saturated rings. The Hall–Kier alpha value is -2.67. The highest BCUT2D eigenvalue weighted by Crippen LogP contribution is 2.23. The Morgan fingerprint density at radius 2 is 2.04 bits per heavy atom. The van der Waals surface area contributed by atoms with Crippen LogP contribution in [0.25, 0.3) is 10.9 Å². The van der Waals surface area contributed by atoms with Crippen LogP contribution in [-0.2, 0) is 6.54 Å². The minimum atomic E-state index is -0.371. The zero-order valence-electron chi connectivity index (χ0n) is 12.8. The molecule has 0 saturated carbocycles. The molecule has 0 aliphatic rings. The highest BCUT2D eigenvalue weighted by molar-refractivity contribution is 9.10. The maximum atomic E-state index is 12.5. The lowest BCUT2D eigenvalue weighted by Crippen LogP contribution is -2.28. The average Bonchev–Trinajstić information content (AvgIpc) is 2.56. The minimum absolute atomic E-state index is 0.102. The maximum absolute atomic E-state index is 12.5. The number of aromatic amines is 1. The van der Waals surface area contributed by atoms with Crippen molar-refractivity contribution in [3.8, 4) is 5.75 Å². The number of fused-ring (bicyclic) bond motifs is 1. The van der Waals surface area contributed by atoms with E-state index in [0.717, 1.165) is 0 Å². The summed E-state index contributed by atoms with van der Waals surface area (Å²) in [4.78, 5) is 33.0. The molecule has 24 heavy (non-hydrogen) atoms. The van der Waals surface area contributed by atoms with Crippen LogP contribution in [0.1, 0.15) is 16.2 Å². The molecule has 0 spiro atoms. The fourth-order valence-electron chi connectivity index (χ4n) is 2.39. The number of benzene rings is 2. The van der Waals surface area contributed by atoms with E-state index in [1.165, 1.54) is 11.0 Å². The number of rotatable bonds is 3. The third-order valence-electron chi connectivity index (χ3n) is 3.58. The van der Waals surface area contributed by atoms with Gasteiger partial charge in [0.1, 0.15) is 11.6 Å². The molecule has 0 aliphatic heterocycles. The van der Waals surface area contributed by atoms with Crippen molar-refractivity contribution >= 4 is 32.7 Å². The first-order valence-corrected chi connectivity index (χ1v) is 7.97. The molecule has 0 aliphatic carbocycles. The fourth-order valence-corrected chi connectivity index (χ4v) is 2.75. The third kappa shape index (κ3) is 3.16. The monoisotopic (exact) mass is 387 g/mol. The van der Waals surface area contributed by atoms with E-state index >= 15 is 0 Å². The van der Waals surface area contributed by atoms with Crippen molar-refractivity contribution in [1.29, 1.82) is 0 Å². The number of hydrogen-bond acceptors (Lipinski definition) is 4. The summed E-state index contributed by atoms with van der Waals surface area (Å²) in [5.74, 6) is -0.0938. The number of nitrogens with one attached hydrogen (secondary N) is 1. The van der Waals surface area contributed by atoms with Crippen molar-refractivity contribution in [2.24, 2.45) is 0 Å². The number of halogens is 1. The van der Waals surface area contributed by atoms with Gasteiger partial charge in [0, 0.05) is 11.5 Å². The van der Waals surface area contributed by atoms with Gasteiger partial charge in [0.2, 0.25) is 0 Å². The third-order valence-corrected chi connectivity index (χ3v) is 4.08.